The molecule has 0 saturated heterocycles. The van der Waals surface area contributed by atoms with Crippen LogP contribution in [0.4, 0.5) is 5.69 Å². The van der Waals surface area contributed by atoms with E-state index in [1.807, 2.05) is 30.5 Å². The van der Waals surface area contributed by atoms with Gasteiger partial charge >= 0.3 is 0 Å². The molecule has 2 aromatic rings. The van der Waals surface area contributed by atoms with Crippen molar-refractivity contribution in [2.45, 2.75) is 0 Å². The molecule has 0 saturated carbocycles. The molecular weight excluding hydrogens is 136 g/mol. The summed E-state index contributed by atoms with van der Waals surface area (Å²) < 4.78 is 0. The summed E-state index contributed by atoms with van der Waals surface area (Å²) in [5, 5.41) is 1.10. The number of hydrogen-bond acceptors (Lipinski definition) is 0. The van der Waals surface area contributed by atoms with Crippen molar-refractivity contribution in [3.05, 3.63) is 41.9 Å². The van der Waals surface area contributed by atoms with Gasteiger partial charge in [0.25, 0.3) is 0 Å². The molecular formula is C9H6N2. The number of fused-ring (bicyclic) bond motifs is 1. The van der Waals surface area contributed by atoms with Crippen LogP contribution in [0, 0.1) is 6.57 Å². The first kappa shape index (κ1) is 5.99. The summed E-state index contributed by atoms with van der Waals surface area (Å²) in [4.78, 5) is 6.42. The molecule has 2 heteroatoms. The monoisotopic (exact) mass is 142 g/mol. The van der Waals surface area contributed by atoms with E-state index in [1.165, 1.54) is 0 Å². The molecule has 0 aliphatic carbocycles. The number of aromatic amines is 1. The topological polar surface area (TPSA) is 20.1 Å². The Labute approximate surface area is 64.3 Å². The van der Waals surface area contributed by atoms with E-state index in [1.54, 1.807) is 0 Å². The highest BCUT2D eigenvalue weighted by Crippen LogP contribution is 2.23. The summed E-state index contributed by atoms with van der Waals surface area (Å²) in [7, 11) is 0. The zero-order valence-corrected chi connectivity index (χ0v) is 5.83. The summed E-state index contributed by atoms with van der Waals surface area (Å²) in [6, 6.07) is 7.65. The lowest BCUT2D eigenvalue weighted by Crippen LogP contribution is -1.65. The first-order valence-corrected chi connectivity index (χ1v) is 3.35. The standard InChI is InChI=1S/C9H6N2/c1-10-8-4-2-3-7-5-6-11-9(7)8/h2-6,11H. The van der Waals surface area contributed by atoms with E-state index in [2.05, 4.69) is 9.83 Å². The van der Waals surface area contributed by atoms with Gasteiger partial charge in [-0.2, -0.15) is 0 Å². The van der Waals surface area contributed by atoms with Crippen LogP contribution in [-0.2, 0) is 0 Å². The van der Waals surface area contributed by atoms with E-state index in [0.717, 1.165) is 10.9 Å². The van der Waals surface area contributed by atoms with Gasteiger partial charge in [0.15, 0.2) is 0 Å². The van der Waals surface area contributed by atoms with Crippen molar-refractivity contribution in [1.82, 2.24) is 4.98 Å². The van der Waals surface area contributed by atoms with Crippen molar-refractivity contribution < 1.29 is 0 Å². The second-order valence-corrected chi connectivity index (χ2v) is 2.33. The third kappa shape index (κ3) is 0.786. The van der Waals surface area contributed by atoms with E-state index >= 15 is 0 Å². The molecule has 0 spiro atoms. The average molecular weight is 142 g/mol. The van der Waals surface area contributed by atoms with E-state index < -0.39 is 0 Å². The third-order valence-electron chi connectivity index (χ3n) is 1.69. The highest BCUT2D eigenvalue weighted by molar-refractivity contribution is 5.91. The lowest BCUT2D eigenvalue weighted by Gasteiger charge is -1.90. The Bertz CT molecular complexity index is 420. The molecule has 52 valence electrons. The molecule has 1 heterocycles. The smallest absolute Gasteiger partial charge is 0.210 e. The van der Waals surface area contributed by atoms with Crippen LogP contribution in [0.2, 0.25) is 0 Å². The number of aromatic nitrogens is 1. The Kier molecular flexibility index (Phi) is 1.16. The van der Waals surface area contributed by atoms with Crippen LogP contribution >= 0.6 is 0 Å². The Morgan fingerprint density at radius 3 is 3.00 bits per heavy atom. The van der Waals surface area contributed by atoms with Crippen molar-refractivity contribution in [2.75, 3.05) is 0 Å². The zero-order valence-electron chi connectivity index (χ0n) is 5.83. The number of nitrogens with zero attached hydrogens (tertiary/aromatic N) is 1. The molecule has 0 atom stereocenters. The third-order valence-corrected chi connectivity index (χ3v) is 1.69. The van der Waals surface area contributed by atoms with Crippen molar-refractivity contribution >= 4 is 16.6 Å². The van der Waals surface area contributed by atoms with Crippen LogP contribution in [-0.4, -0.2) is 4.98 Å². The average Bonchev–Trinajstić information content (AvgIpc) is 2.50. The molecule has 0 aliphatic rings. The quantitative estimate of drug-likeness (QED) is 0.546. The summed E-state index contributed by atoms with van der Waals surface area (Å²) in [6.07, 6.45) is 1.85. The van der Waals surface area contributed by atoms with Gasteiger partial charge in [-0.25, -0.2) is 4.85 Å². The van der Waals surface area contributed by atoms with Crippen molar-refractivity contribution in [2.24, 2.45) is 0 Å². The lowest BCUT2D eigenvalue weighted by atomic mass is 10.2. The fourth-order valence-corrected chi connectivity index (χ4v) is 1.16. The van der Waals surface area contributed by atoms with Crippen molar-refractivity contribution in [3.8, 4) is 0 Å². The molecule has 11 heavy (non-hydrogen) atoms. The largest absolute Gasteiger partial charge is 0.370 e. The highest BCUT2D eigenvalue weighted by atomic mass is 14.7. The number of rotatable bonds is 0. The molecule has 0 radical (unpaired) electrons. The van der Waals surface area contributed by atoms with Gasteiger partial charge in [-0.1, -0.05) is 18.2 Å². The maximum Gasteiger partial charge on any atom is 0.210 e. The van der Waals surface area contributed by atoms with E-state index in [4.69, 9.17) is 6.57 Å². The Balaban J connectivity index is 2.92. The van der Waals surface area contributed by atoms with Gasteiger partial charge in [0, 0.05) is 6.20 Å². The molecule has 0 amide bonds. The van der Waals surface area contributed by atoms with Gasteiger partial charge in [-0.05, 0) is 11.5 Å². The van der Waals surface area contributed by atoms with Gasteiger partial charge in [0.05, 0.1) is 12.1 Å². The molecule has 0 fully saturated rings. The SMILES string of the molecule is [C-]#[N+]c1cccc2cc[nH]c12. The molecule has 0 bridgehead atoms. The fraction of sp³-hybridized carbons (Fsp3) is 0. The molecule has 0 aliphatic heterocycles. The maximum absolute atomic E-state index is 6.87. The van der Waals surface area contributed by atoms with Crippen LogP contribution in [0.25, 0.3) is 15.7 Å². The normalized spacial score (nSPS) is 9.73. The van der Waals surface area contributed by atoms with Crippen molar-refractivity contribution in [1.29, 1.82) is 0 Å². The van der Waals surface area contributed by atoms with Crippen LogP contribution in [0.3, 0.4) is 0 Å². The molecule has 2 nitrogen and oxygen atoms in total. The number of benzene rings is 1. The first-order valence-electron chi connectivity index (χ1n) is 3.35. The van der Waals surface area contributed by atoms with E-state index in [-0.39, 0.29) is 0 Å². The summed E-state index contributed by atoms with van der Waals surface area (Å²) in [5.41, 5.74) is 1.62. The van der Waals surface area contributed by atoms with Gasteiger partial charge in [0.2, 0.25) is 5.69 Å². The molecule has 1 aromatic carbocycles. The highest BCUT2D eigenvalue weighted by Gasteiger charge is 1.98. The molecule has 1 aromatic heterocycles. The van der Waals surface area contributed by atoms with Crippen molar-refractivity contribution in [3.63, 3.8) is 0 Å². The minimum Gasteiger partial charge on any atom is -0.370 e. The number of H-pyrrole nitrogens is 1. The van der Waals surface area contributed by atoms with Crippen LogP contribution in [0.15, 0.2) is 30.5 Å². The van der Waals surface area contributed by atoms with Gasteiger partial charge in [0.1, 0.15) is 0 Å². The second kappa shape index (κ2) is 2.14. The van der Waals surface area contributed by atoms with E-state index in [9.17, 15) is 0 Å². The summed E-state index contributed by atoms with van der Waals surface area (Å²) in [6.45, 7) is 6.87. The van der Waals surface area contributed by atoms with E-state index in [0.29, 0.717) is 5.69 Å². The number of nitrogens with one attached hydrogen (secondary N) is 1. The Morgan fingerprint density at radius 1 is 1.27 bits per heavy atom. The zero-order chi connectivity index (χ0) is 7.68. The van der Waals surface area contributed by atoms with Crippen LogP contribution in [0.5, 0.6) is 0 Å². The van der Waals surface area contributed by atoms with Gasteiger partial charge < -0.3 is 4.98 Å². The predicted molar refractivity (Wildman–Crippen MR) is 44.6 cm³/mol. The fourth-order valence-electron chi connectivity index (χ4n) is 1.16. The number of hydrogen-bond donors (Lipinski definition) is 1. The molecule has 0 unspecified atom stereocenters. The molecule has 1 N–H and O–H groups in total. The Hall–Kier alpha value is -1.75. The molecule has 2 rings (SSSR count). The van der Waals surface area contributed by atoms with Gasteiger partial charge in [-0.3, -0.25) is 0 Å². The second-order valence-electron chi connectivity index (χ2n) is 2.33. The minimum absolute atomic E-state index is 0.688. The number of para-hydroxylation sites is 1. The van der Waals surface area contributed by atoms with Crippen LogP contribution < -0.4 is 0 Å². The first-order chi connectivity index (χ1) is 5.42. The lowest BCUT2D eigenvalue weighted by molar-refractivity contribution is 1.48. The maximum atomic E-state index is 6.87. The summed E-state index contributed by atoms with van der Waals surface area (Å²) >= 11 is 0. The predicted octanol–water partition coefficient (Wildman–Crippen LogP) is 2.72. The summed E-state index contributed by atoms with van der Waals surface area (Å²) in [5.74, 6) is 0. The minimum atomic E-state index is 0.688. The Morgan fingerprint density at radius 2 is 2.18 bits per heavy atom. The van der Waals surface area contributed by atoms with Gasteiger partial charge in [-0.15, -0.1) is 0 Å². The van der Waals surface area contributed by atoms with Crippen LogP contribution in [0.1, 0.15) is 0 Å².